The molecule has 0 amide bonds. The maximum atomic E-state index is 12.4. The smallest absolute Gasteiger partial charge is 0.225 e. The van der Waals surface area contributed by atoms with Crippen molar-refractivity contribution in [3.63, 3.8) is 0 Å². The van der Waals surface area contributed by atoms with E-state index in [-0.39, 0.29) is 15.8 Å². The molecule has 1 saturated heterocycles. The van der Waals surface area contributed by atoms with Crippen LogP contribution in [0.15, 0.2) is 43.0 Å². The molecule has 1 atom stereocenters. The van der Waals surface area contributed by atoms with Crippen LogP contribution in [0, 0.1) is 5.41 Å². The van der Waals surface area contributed by atoms with Crippen molar-refractivity contribution in [3.8, 4) is 5.75 Å². The Morgan fingerprint density at radius 2 is 1.66 bits per heavy atom. The minimum Gasteiger partial charge on any atom is -0.471 e. The quantitative estimate of drug-likeness (QED) is 0.207. The van der Waals surface area contributed by atoms with Gasteiger partial charge in [0.05, 0.1) is 21.0 Å². The number of rotatable bonds is 8. The van der Waals surface area contributed by atoms with E-state index in [2.05, 4.69) is 15.0 Å². The van der Waals surface area contributed by atoms with Crippen LogP contribution in [-0.4, -0.2) is 64.8 Å². The second-order valence-electron chi connectivity index (χ2n) is 8.93. The summed E-state index contributed by atoms with van der Waals surface area (Å²) in [5.41, 5.74) is 14.0. The first-order valence-electron chi connectivity index (χ1n) is 11.7. The molecule has 5 N–H and O–H groups in total. The van der Waals surface area contributed by atoms with E-state index in [1.807, 2.05) is 4.90 Å². The van der Waals surface area contributed by atoms with Crippen molar-refractivity contribution < 1.29 is 13.2 Å². The Morgan fingerprint density at radius 1 is 1.05 bits per heavy atom. The second-order valence-corrected chi connectivity index (χ2v) is 12.2. The van der Waals surface area contributed by atoms with Crippen LogP contribution in [0.5, 0.6) is 5.75 Å². The Labute approximate surface area is 231 Å². The number of anilines is 2. The van der Waals surface area contributed by atoms with E-state index >= 15 is 0 Å². The molecule has 0 aliphatic carbocycles. The number of hydrogen-bond acceptors (Lipinski definition) is 10. The van der Waals surface area contributed by atoms with E-state index in [0.717, 1.165) is 0 Å². The Bertz CT molecular complexity index is 1410. The molecule has 0 spiro atoms. The fraction of sp³-hybridized carbons (Fsp3) is 0.333. The molecule has 0 radical (unpaired) electrons. The largest absolute Gasteiger partial charge is 0.471 e. The van der Waals surface area contributed by atoms with Gasteiger partial charge in [-0.25, -0.2) is 18.4 Å². The monoisotopic (exact) mass is 578 g/mol. The maximum absolute atomic E-state index is 12.4. The van der Waals surface area contributed by atoms with Gasteiger partial charge >= 0.3 is 0 Å². The summed E-state index contributed by atoms with van der Waals surface area (Å²) >= 11 is 12.4. The molecule has 1 aliphatic rings. The zero-order valence-corrected chi connectivity index (χ0v) is 23.1. The van der Waals surface area contributed by atoms with Gasteiger partial charge in [0.2, 0.25) is 16.0 Å². The summed E-state index contributed by atoms with van der Waals surface area (Å²) in [6.07, 6.45) is 4.96. The Kier molecular flexibility index (Phi) is 8.38. The van der Waals surface area contributed by atoms with E-state index in [1.54, 1.807) is 32.0 Å². The van der Waals surface area contributed by atoms with Crippen molar-refractivity contribution in [2.75, 3.05) is 36.8 Å². The molecule has 1 aliphatic heterocycles. The number of nitrogens with two attached hydrogens (primary N) is 2. The van der Waals surface area contributed by atoms with Crippen LogP contribution in [0.1, 0.15) is 36.8 Å². The molecular weight excluding hydrogens is 551 g/mol. The molecule has 2 aromatic heterocycles. The predicted octanol–water partition coefficient (Wildman–Crippen LogP) is 3.07. The van der Waals surface area contributed by atoms with Gasteiger partial charge < -0.3 is 15.4 Å². The summed E-state index contributed by atoms with van der Waals surface area (Å²) in [7, 11) is -3.30. The number of nitrogens with zero attached hydrogens (tertiary/aromatic N) is 5. The third kappa shape index (κ3) is 5.84. The van der Waals surface area contributed by atoms with Gasteiger partial charge in [-0.05, 0) is 32.0 Å². The molecule has 11 nitrogen and oxygen atoms in total. The minimum atomic E-state index is -3.30. The summed E-state index contributed by atoms with van der Waals surface area (Å²) in [5.74, 6) is 0.826. The van der Waals surface area contributed by atoms with Crippen molar-refractivity contribution in [2.45, 2.75) is 25.3 Å². The lowest BCUT2D eigenvalue weighted by Gasteiger charge is -2.34. The van der Waals surface area contributed by atoms with E-state index in [0.29, 0.717) is 60.3 Å². The number of benzene rings is 1. The fourth-order valence-corrected chi connectivity index (χ4v) is 5.78. The predicted molar refractivity (Wildman–Crippen MR) is 148 cm³/mol. The first-order chi connectivity index (χ1) is 18.0. The number of hydrogen-bond donors (Lipinski definition) is 3. The average Bonchev–Trinajstić information content (AvgIpc) is 2.89. The molecule has 0 saturated carbocycles. The van der Waals surface area contributed by atoms with Crippen molar-refractivity contribution in [3.05, 3.63) is 69.7 Å². The van der Waals surface area contributed by atoms with Crippen LogP contribution in [0.25, 0.3) is 0 Å². The fourth-order valence-electron chi connectivity index (χ4n) is 3.93. The van der Waals surface area contributed by atoms with E-state index in [4.69, 9.17) is 44.8 Å². The van der Waals surface area contributed by atoms with Crippen molar-refractivity contribution in [1.29, 1.82) is 5.41 Å². The van der Waals surface area contributed by atoms with Crippen LogP contribution < -0.4 is 21.1 Å². The zero-order valence-electron chi connectivity index (χ0n) is 20.8. The topological polar surface area (TPSA) is 164 Å². The van der Waals surface area contributed by atoms with Gasteiger partial charge in [-0.1, -0.05) is 23.2 Å². The number of nitrogens with one attached hydrogen (secondary N) is 1. The molecule has 202 valence electrons. The highest BCUT2D eigenvalue weighted by molar-refractivity contribution is 7.89. The maximum Gasteiger partial charge on any atom is 0.225 e. The molecule has 14 heteroatoms. The highest BCUT2D eigenvalue weighted by Gasteiger charge is 2.30. The van der Waals surface area contributed by atoms with Crippen molar-refractivity contribution in [1.82, 2.24) is 19.3 Å². The van der Waals surface area contributed by atoms with Gasteiger partial charge in [0.25, 0.3) is 0 Å². The standard InChI is InChI=1S/C24H28Cl2N8O3S/c1-14(2)38(35,36)34-7-5-33(6-8-34)24-31-10-15(11-32-24)22(28)17-9-16(3-4-20(17)27)37-23(29)21-18(25)12-30-13-19(21)26/h3-4,9-14,23,28H,5-8,27,29H2,1-2H3/t23-/m0/s1. The molecule has 38 heavy (non-hydrogen) atoms. The summed E-state index contributed by atoms with van der Waals surface area (Å²) in [4.78, 5) is 14.6. The summed E-state index contributed by atoms with van der Waals surface area (Å²) in [5, 5.41) is 8.77. The molecule has 0 unspecified atom stereocenters. The molecule has 3 aromatic rings. The lowest BCUT2D eigenvalue weighted by molar-refractivity contribution is 0.214. The van der Waals surface area contributed by atoms with Crippen molar-refractivity contribution >= 4 is 50.6 Å². The van der Waals surface area contributed by atoms with E-state index < -0.39 is 21.5 Å². The molecule has 4 rings (SSSR count). The number of nitrogen functional groups attached to an aromatic ring is 1. The van der Waals surface area contributed by atoms with Crippen LogP contribution in [-0.2, 0) is 10.0 Å². The third-order valence-corrected chi connectivity index (χ3v) is 9.01. The average molecular weight is 580 g/mol. The molecule has 1 aromatic carbocycles. The molecule has 0 bridgehead atoms. The SMILES string of the molecule is CC(C)S(=O)(=O)N1CCN(c2ncc(C(=N)c3cc(O[C@H](N)c4c(Cl)cncc4Cl)ccc3N)cn2)CC1. The normalized spacial score (nSPS) is 15.5. The number of sulfonamides is 1. The highest BCUT2D eigenvalue weighted by atomic mass is 35.5. The Hall–Kier alpha value is -3.03. The first-order valence-corrected chi connectivity index (χ1v) is 14.0. The first kappa shape index (κ1) is 28.0. The minimum absolute atomic E-state index is 0.0980. The van der Waals surface area contributed by atoms with Crippen LogP contribution in [0.4, 0.5) is 11.6 Å². The van der Waals surface area contributed by atoms with Gasteiger partial charge in [0.1, 0.15) is 5.75 Å². The summed E-state index contributed by atoms with van der Waals surface area (Å²) in [6.45, 7) is 5.02. The van der Waals surface area contributed by atoms with E-state index in [9.17, 15) is 8.42 Å². The van der Waals surface area contributed by atoms with Crippen molar-refractivity contribution in [2.24, 2.45) is 5.73 Å². The zero-order chi connectivity index (χ0) is 27.6. The number of piperazine rings is 1. The van der Waals surface area contributed by atoms with Crippen LogP contribution >= 0.6 is 23.2 Å². The van der Waals surface area contributed by atoms with E-state index in [1.165, 1.54) is 29.1 Å². The Balaban J connectivity index is 1.46. The number of halogens is 2. The lowest BCUT2D eigenvalue weighted by Crippen LogP contribution is -2.50. The molecular formula is C24H28Cl2N8O3S. The number of ether oxygens (including phenoxy) is 1. The van der Waals surface area contributed by atoms with Crippen LogP contribution in [0.2, 0.25) is 10.0 Å². The van der Waals surface area contributed by atoms with Gasteiger partial charge in [-0.3, -0.25) is 16.1 Å². The van der Waals surface area contributed by atoms with Gasteiger partial charge in [0.15, 0.2) is 6.23 Å². The van der Waals surface area contributed by atoms with Gasteiger partial charge in [-0.15, -0.1) is 0 Å². The van der Waals surface area contributed by atoms with Gasteiger partial charge in [-0.2, -0.15) is 4.31 Å². The second kappa shape index (κ2) is 11.4. The lowest BCUT2D eigenvalue weighted by atomic mass is 10.0. The summed E-state index contributed by atoms with van der Waals surface area (Å²) < 4.78 is 32.1. The molecule has 3 heterocycles. The third-order valence-electron chi connectivity index (χ3n) is 6.14. The summed E-state index contributed by atoms with van der Waals surface area (Å²) in [6, 6.07) is 4.85. The number of pyridine rings is 1. The number of aromatic nitrogens is 3. The van der Waals surface area contributed by atoms with Crippen LogP contribution in [0.3, 0.4) is 0 Å². The van der Waals surface area contributed by atoms with Gasteiger partial charge in [0, 0.05) is 73.3 Å². The molecule has 1 fully saturated rings. The Morgan fingerprint density at radius 3 is 2.24 bits per heavy atom. The highest BCUT2D eigenvalue weighted by Crippen LogP contribution is 2.31.